The molecule has 1 rings (SSSR count). The molecular weight excluding hydrogens is 260 g/mol. The van der Waals surface area contributed by atoms with E-state index in [-0.39, 0.29) is 11.7 Å². The van der Waals surface area contributed by atoms with E-state index in [0.717, 1.165) is 24.5 Å². The molecular formula is C14H24N2O2S. The maximum Gasteiger partial charge on any atom is 0.177 e. The number of anilines is 2. The Morgan fingerprint density at radius 2 is 2.05 bits per heavy atom. The van der Waals surface area contributed by atoms with Crippen LogP contribution in [0.2, 0.25) is 0 Å². The summed E-state index contributed by atoms with van der Waals surface area (Å²) in [6.45, 7) is 9.80. The van der Waals surface area contributed by atoms with E-state index in [1.54, 1.807) is 7.11 Å². The second-order valence-corrected chi connectivity index (χ2v) is 5.78. The van der Waals surface area contributed by atoms with Crippen molar-refractivity contribution in [2.45, 2.75) is 34.1 Å². The average Bonchev–Trinajstić information content (AvgIpc) is 2.71. The summed E-state index contributed by atoms with van der Waals surface area (Å²) >= 11 is 1.45. The Hall–Kier alpha value is -1.23. The molecule has 0 spiro atoms. The van der Waals surface area contributed by atoms with Gasteiger partial charge in [0.1, 0.15) is 5.00 Å². The maximum atomic E-state index is 12.2. The van der Waals surface area contributed by atoms with Crippen LogP contribution >= 0.6 is 11.3 Å². The van der Waals surface area contributed by atoms with Gasteiger partial charge in [0.25, 0.3) is 0 Å². The smallest absolute Gasteiger partial charge is 0.177 e. The first-order valence-electron chi connectivity index (χ1n) is 6.73. The third kappa shape index (κ3) is 3.21. The fraction of sp³-hybridized carbons (Fsp3) is 0.643. The predicted molar refractivity (Wildman–Crippen MR) is 82.6 cm³/mol. The van der Waals surface area contributed by atoms with Crippen LogP contribution in [0.15, 0.2) is 0 Å². The molecule has 4 nitrogen and oxygen atoms in total. The lowest BCUT2D eigenvalue weighted by Gasteiger charge is -2.21. The summed E-state index contributed by atoms with van der Waals surface area (Å²) < 4.78 is 5.41. The SMILES string of the molecule is CCCN(CC)c1sc(C(=O)C(C)C)c(N)c1OC. The number of Topliss-reactive ketones (excluding diaryl/α,β-unsaturated/α-hetero) is 1. The Balaban J connectivity index is 3.25. The molecule has 0 aliphatic heterocycles. The van der Waals surface area contributed by atoms with Gasteiger partial charge in [0.05, 0.1) is 17.7 Å². The highest BCUT2D eigenvalue weighted by Crippen LogP contribution is 2.45. The average molecular weight is 284 g/mol. The van der Waals surface area contributed by atoms with Gasteiger partial charge in [-0.05, 0) is 13.3 Å². The zero-order valence-corrected chi connectivity index (χ0v) is 13.3. The van der Waals surface area contributed by atoms with Crippen LogP contribution in [-0.4, -0.2) is 26.0 Å². The van der Waals surface area contributed by atoms with Crippen LogP contribution in [0.5, 0.6) is 5.75 Å². The van der Waals surface area contributed by atoms with Crippen molar-refractivity contribution in [3.8, 4) is 5.75 Å². The van der Waals surface area contributed by atoms with Crippen molar-refractivity contribution in [3.63, 3.8) is 0 Å². The summed E-state index contributed by atoms with van der Waals surface area (Å²) in [6, 6.07) is 0. The van der Waals surface area contributed by atoms with Gasteiger partial charge in [-0.25, -0.2) is 0 Å². The minimum Gasteiger partial charge on any atom is -0.492 e. The summed E-state index contributed by atoms with van der Waals surface area (Å²) in [5.41, 5.74) is 6.56. The van der Waals surface area contributed by atoms with Crippen LogP contribution in [0.4, 0.5) is 10.7 Å². The normalized spacial score (nSPS) is 10.8. The number of hydrogen-bond donors (Lipinski definition) is 1. The van der Waals surface area contributed by atoms with E-state index in [1.165, 1.54) is 11.3 Å². The van der Waals surface area contributed by atoms with Crippen LogP contribution < -0.4 is 15.4 Å². The molecule has 0 unspecified atom stereocenters. The van der Waals surface area contributed by atoms with Crippen molar-refractivity contribution in [3.05, 3.63) is 4.88 Å². The maximum absolute atomic E-state index is 12.2. The molecule has 19 heavy (non-hydrogen) atoms. The van der Waals surface area contributed by atoms with Crippen LogP contribution in [-0.2, 0) is 0 Å². The lowest BCUT2D eigenvalue weighted by atomic mass is 10.1. The zero-order valence-electron chi connectivity index (χ0n) is 12.4. The van der Waals surface area contributed by atoms with Gasteiger partial charge in [-0.3, -0.25) is 4.79 Å². The number of hydrogen-bond acceptors (Lipinski definition) is 5. The van der Waals surface area contributed by atoms with Crippen LogP contribution in [0, 0.1) is 5.92 Å². The van der Waals surface area contributed by atoms with Gasteiger partial charge in [-0.1, -0.05) is 20.8 Å². The molecule has 0 aliphatic rings. The molecule has 1 heterocycles. The standard InChI is InChI=1S/C14H24N2O2S/c1-6-8-16(7-2)14-12(18-5)10(15)13(19-14)11(17)9(3)4/h9H,6-8,15H2,1-5H3. The topological polar surface area (TPSA) is 55.6 Å². The number of rotatable bonds is 7. The van der Waals surface area contributed by atoms with Gasteiger partial charge in [0, 0.05) is 19.0 Å². The highest BCUT2D eigenvalue weighted by atomic mass is 32.1. The molecule has 0 bridgehead atoms. The molecule has 0 saturated carbocycles. The Morgan fingerprint density at radius 3 is 2.47 bits per heavy atom. The third-order valence-corrected chi connectivity index (χ3v) is 4.26. The molecule has 1 aromatic rings. The Bertz CT molecular complexity index is 441. The molecule has 0 radical (unpaired) electrons. The second-order valence-electron chi connectivity index (χ2n) is 4.78. The van der Waals surface area contributed by atoms with Crippen molar-refractivity contribution >= 4 is 27.8 Å². The number of nitrogens with two attached hydrogens (primary N) is 1. The molecule has 0 aromatic carbocycles. The van der Waals surface area contributed by atoms with E-state index >= 15 is 0 Å². The molecule has 0 aliphatic carbocycles. The summed E-state index contributed by atoms with van der Waals surface area (Å²) in [5, 5.41) is 0.966. The first kappa shape index (κ1) is 15.8. The zero-order chi connectivity index (χ0) is 14.6. The number of methoxy groups -OCH3 is 1. The largest absolute Gasteiger partial charge is 0.492 e. The predicted octanol–water partition coefficient (Wildman–Crippen LogP) is 3.41. The van der Waals surface area contributed by atoms with E-state index in [2.05, 4.69) is 18.7 Å². The molecule has 0 fully saturated rings. The van der Waals surface area contributed by atoms with Gasteiger partial charge >= 0.3 is 0 Å². The van der Waals surface area contributed by atoms with Crippen molar-refractivity contribution in [2.24, 2.45) is 5.92 Å². The fourth-order valence-electron chi connectivity index (χ4n) is 1.94. The van der Waals surface area contributed by atoms with Crippen molar-refractivity contribution in [2.75, 3.05) is 30.8 Å². The highest BCUT2D eigenvalue weighted by Gasteiger charge is 2.25. The monoisotopic (exact) mass is 284 g/mol. The number of thiophene rings is 1. The van der Waals surface area contributed by atoms with E-state index in [0.29, 0.717) is 16.3 Å². The van der Waals surface area contributed by atoms with Crippen molar-refractivity contribution < 1.29 is 9.53 Å². The van der Waals surface area contributed by atoms with E-state index < -0.39 is 0 Å². The Morgan fingerprint density at radius 1 is 1.42 bits per heavy atom. The van der Waals surface area contributed by atoms with Gasteiger partial charge in [-0.2, -0.15) is 0 Å². The number of carbonyl (C=O) groups is 1. The summed E-state index contributed by atoms with van der Waals surface area (Å²) in [4.78, 5) is 15.0. The molecule has 5 heteroatoms. The van der Waals surface area contributed by atoms with Crippen LogP contribution in [0.25, 0.3) is 0 Å². The fourth-order valence-corrected chi connectivity index (χ4v) is 3.31. The summed E-state index contributed by atoms with van der Waals surface area (Å²) in [7, 11) is 1.60. The van der Waals surface area contributed by atoms with Crippen molar-refractivity contribution in [1.82, 2.24) is 0 Å². The van der Waals surface area contributed by atoms with Gasteiger partial charge < -0.3 is 15.4 Å². The Labute approximate surface area is 119 Å². The minimum absolute atomic E-state index is 0.0558. The second kappa shape index (κ2) is 6.80. The molecule has 0 atom stereocenters. The number of ketones is 1. The number of nitrogens with zero attached hydrogens (tertiary/aromatic N) is 1. The quantitative estimate of drug-likeness (QED) is 0.780. The first-order chi connectivity index (χ1) is 8.97. The molecule has 2 N–H and O–H groups in total. The molecule has 1 aromatic heterocycles. The van der Waals surface area contributed by atoms with E-state index in [4.69, 9.17) is 10.5 Å². The number of ether oxygens (including phenoxy) is 1. The van der Waals surface area contributed by atoms with Gasteiger partial charge in [0.2, 0.25) is 0 Å². The summed E-state index contributed by atoms with van der Waals surface area (Å²) in [6.07, 6.45) is 1.04. The lowest BCUT2D eigenvalue weighted by Crippen LogP contribution is -2.22. The van der Waals surface area contributed by atoms with Crippen molar-refractivity contribution in [1.29, 1.82) is 0 Å². The van der Waals surface area contributed by atoms with Crippen LogP contribution in [0.1, 0.15) is 43.8 Å². The molecule has 0 amide bonds. The van der Waals surface area contributed by atoms with Gasteiger partial charge in [0.15, 0.2) is 11.5 Å². The molecule has 108 valence electrons. The first-order valence-corrected chi connectivity index (χ1v) is 7.54. The third-order valence-electron chi connectivity index (χ3n) is 3.00. The van der Waals surface area contributed by atoms with Gasteiger partial charge in [-0.15, -0.1) is 11.3 Å². The van der Waals surface area contributed by atoms with Crippen LogP contribution in [0.3, 0.4) is 0 Å². The lowest BCUT2D eigenvalue weighted by molar-refractivity contribution is 0.0944. The minimum atomic E-state index is -0.0558. The number of nitrogen functional groups attached to an aromatic ring is 1. The summed E-state index contributed by atoms with van der Waals surface area (Å²) in [5.74, 6) is 0.670. The Kier molecular flexibility index (Phi) is 5.66. The number of carbonyl (C=O) groups excluding carboxylic acids is 1. The van der Waals surface area contributed by atoms with E-state index in [1.807, 2.05) is 13.8 Å². The highest BCUT2D eigenvalue weighted by molar-refractivity contribution is 7.19. The molecule has 0 saturated heterocycles. The van der Waals surface area contributed by atoms with E-state index in [9.17, 15) is 4.79 Å².